The van der Waals surface area contributed by atoms with Gasteiger partial charge in [0.05, 0.1) is 10.8 Å². The zero-order chi connectivity index (χ0) is 23.2. The summed E-state index contributed by atoms with van der Waals surface area (Å²) in [4.78, 5) is 22.6. The van der Waals surface area contributed by atoms with Crippen molar-refractivity contribution >= 4 is 11.9 Å². The van der Waals surface area contributed by atoms with Crippen LogP contribution in [0.4, 0.5) is 0 Å². The number of aryl methyl sites for hydroxylation is 2. The van der Waals surface area contributed by atoms with Crippen molar-refractivity contribution in [2.24, 2.45) is 10.8 Å². The molecule has 1 aromatic rings. The van der Waals surface area contributed by atoms with E-state index in [1.54, 1.807) is 0 Å². The Morgan fingerprint density at radius 1 is 0.903 bits per heavy atom. The molecule has 4 nitrogen and oxygen atoms in total. The third-order valence-corrected chi connectivity index (χ3v) is 7.60. The van der Waals surface area contributed by atoms with Gasteiger partial charge in [0.15, 0.2) is 0 Å². The van der Waals surface area contributed by atoms with Crippen molar-refractivity contribution in [3.05, 3.63) is 33.9 Å². The van der Waals surface area contributed by atoms with Gasteiger partial charge in [0.2, 0.25) is 0 Å². The molecule has 1 fully saturated rings. The summed E-state index contributed by atoms with van der Waals surface area (Å²) >= 11 is 0. The lowest BCUT2D eigenvalue weighted by atomic mass is 9.86. The maximum absolute atomic E-state index is 11.3. The molecule has 0 amide bonds. The van der Waals surface area contributed by atoms with Crippen LogP contribution in [0.3, 0.4) is 0 Å². The van der Waals surface area contributed by atoms with Gasteiger partial charge in [-0.25, -0.2) is 0 Å². The van der Waals surface area contributed by atoms with Crippen LogP contribution in [-0.2, 0) is 22.4 Å². The predicted molar refractivity (Wildman–Crippen MR) is 126 cm³/mol. The summed E-state index contributed by atoms with van der Waals surface area (Å²) in [5.74, 6) is -1.32. The molecule has 0 radical (unpaired) electrons. The van der Waals surface area contributed by atoms with E-state index >= 15 is 0 Å². The Kier molecular flexibility index (Phi) is 8.73. The van der Waals surface area contributed by atoms with Crippen molar-refractivity contribution in [3.8, 4) is 0 Å². The molecule has 0 heterocycles. The molecule has 0 atom stereocenters. The van der Waals surface area contributed by atoms with Gasteiger partial charge in [0.25, 0.3) is 0 Å². The number of carboxylic acid groups (broad SMARTS) is 2. The number of hydrogen-bond acceptors (Lipinski definition) is 2. The van der Waals surface area contributed by atoms with Crippen molar-refractivity contribution in [2.75, 3.05) is 0 Å². The average Bonchev–Trinajstić information content (AvgIpc) is 3.48. The molecule has 0 bridgehead atoms. The molecule has 0 saturated heterocycles. The van der Waals surface area contributed by atoms with E-state index in [1.165, 1.54) is 27.8 Å². The summed E-state index contributed by atoms with van der Waals surface area (Å²) in [6.07, 6.45) is 11.7. The number of hydrogen-bond donors (Lipinski definition) is 2. The molecule has 0 unspecified atom stereocenters. The zero-order valence-corrected chi connectivity index (χ0v) is 20.3. The molecule has 2 N–H and O–H groups in total. The Bertz CT molecular complexity index is 787. The zero-order valence-electron chi connectivity index (χ0n) is 20.3. The van der Waals surface area contributed by atoms with E-state index in [0.717, 1.165) is 77.0 Å². The summed E-state index contributed by atoms with van der Waals surface area (Å²) in [6.45, 7) is 10.2. The second-order valence-electron chi connectivity index (χ2n) is 10.5. The Morgan fingerprint density at radius 2 is 1.52 bits per heavy atom. The molecule has 4 heteroatoms. The van der Waals surface area contributed by atoms with Crippen LogP contribution >= 0.6 is 0 Å². The van der Waals surface area contributed by atoms with E-state index < -0.39 is 22.8 Å². The lowest BCUT2D eigenvalue weighted by Crippen LogP contribution is -2.23. The monoisotopic (exact) mass is 430 g/mol. The largest absolute Gasteiger partial charge is 0.481 e. The Hall–Kier alpha value is -1.84. The number of carbonyl (C=O) groups is 2. The topological polar surface area (TPSA) is 74.6 Å². The molecule has 0 aromatic heterocycles. The van der Waals surface area contributed by atoms with E-state index in [-0.39, 0.29) is 0 Å². The van der Waals surface area contributed by atoms with E-state index in [9.17, 15) is 19.8 Å². The Balaban J connectivity index is 1.86. The van der Waals surface area contributed by atoms with Crippen LogP contribution in [-0.4, -0.2) is 22.2 Å². The number of aliphatic carboxylic acids is 2. The molecule has 2 rings (SSSR count). The van der Waals surface area contributed by atoms with Crippen molar-refractivity contribution in [2.45, 2.75) is 112 Å². The van der Waals surface area contributed by atoms with Gasteiger partial charge >= 0.3 is 11.9 Å². The molecule has 1 aliphatic rings. The summed E-state index contributed by atoms with van der Waals surface area (Å²) in [6, 6.07) is 2.35. The summed E-state index contributed by atoms with van der Waals surface area (Å²) in [7, 11) is 0. The van der Waals surface area contributed by atoms with Gasteiger partial charge in [-0.05, 0) is 114 Å². The average molecular weight is 431 g/mol. The lowest BCUT2D eigenvalue weighted by Gasteiger charge is -2.19. The van der Waals surface area contributed by atoms with Crippen LogP contribution in [0.15, 0.2) is 6.07 Å². The fourth-order valence-electron chi connectivity index (χ4n) is 4.62. The predicted octanol–water partition coefficient (Wildman–Crippen LogP) is 6.79. The van der Waals surface area contributed by atoms with Crippen molar-refractivity contribution in [3.63, 3.8) is 0 Å². The third-order valence-electron chi connectivity index (χ3n) is 7.60. The van der Waals surface area contributed by atoms with Gasteiger partial charge in [-0.2, -0.15) is 0 Å². The van der Waals surface area contributed by atoms with Gasteiger partial charge in [0.1, 0.15) is 0 Å². The second kappa shape index (κ2) is 10.7. The van der Waals surface area contributed by atoms with Crippen LogP contribution in [0.25, 0.3) is 0 Å². The Morgan fingerprint density at radius 3 is 2.10 bits per heavy atom. The van der Waals surface area contributed by atoms with Gasteiger partial charge < -0.3 is 10.2 Å². The first-order chi connectivity index (χ1) is 14.5. The highest BCUT2D eigenvalue weighted by Gasteiger charge is 2.49. The van der Waals surface area contributed by atoms with E-state index in [1.807, 2.05) is 13.8 Å². The van der Waals surface area contributed by atoms with Crippen molar-refractivity contribution in [1.82, 2.24) is 0 Å². The van der Waals surface area contributed by atoms with Gasteiger partial charge in [0, 0.05) is 0 Å². The quantitative estimate of drug-likeness (QED) is 0.319. The molecule has 1 saturated carbocycles. The normalized spacial score (nSPS) is 15.1. The summed E-state index contributed by atoms with van der Waals surface area (Å²) < 4.78 is 0. The van der Waals surface area contributed by atoms with Crippen LogP contribution in [0.2, 0.25) is 0 Å². The number of benzene rings is 1. The molecule has 31 heavy (non-hydrogen) atoms. The smallest absolute Gasteiger partial charge is 0.309 e. The minimum Gasteiger partial charge on any atom is -0.481 e. The van der Waals surface area contributed by atoms with Crippen LogP contribution < -0.4 is 0 Å². The highest BCUT2D eigenvalue weighted by atomic mass is 16.4. The number of carboxylic acids is 2. The van der Waals surface area contributed by atoms with Crippen LogP contribution in [0.5, 0.6) is 0 Å². The molecule has 174 valence electrons. The summed E-state index contributed by atoms with van der Waals surface area (Å²) in [5, 5.41) is 18.6. The molecular formula is C27H42O4. The standard InChI is InChI=1S/C27H42O4/c1-19-18-22(12-8-6-10-14-26(4,5)24(28)29)23(21(3)20(19)2)13-9-7-11-15-27(16-17-27)25(30)31/h18H,6-17H2,1-5H3,(H,28,29)(H,30,31). The van der Waals surface area contributed by atoms with E-state index in [4.69, 9.17) is 0 Å². The van der Waals surface area contributed by atoms with E-state index in [0.29, 0.717) is 0 Å². The number of rotatable bonds is 14. The summed E-state index contributed by atoms with van der Waals surface area (Å²) in [5.41, 5.74) is 6.03. The van der Waals surface area contributed by atoms with Gasteiger partial charge in [-0.3, -0.25) is 9.59 Å². The van der Waals surface area contributed by atoms with Gasteiger partial charge in [-0.15, -0.1) is 0 Å². The van der Waals surface area contributed by atoms with Gasteiger partial charge in [-0.1, -0.05) is 31.7 Å². The molecule has 1 aromatic carbocycles. The van der Waals surface area contributed by atoms with Crippen molar-refractivity contribution in [1.29, 1.82) is 0 Å². The minimum absolute atomic E-state index is 0.392. The highest BCUT2D eigenvalue weighted by molar-refractivity contribution is 5.77. The maximum atomic E-state index is 11.3. The Labute approximate surface area is 188 Å². The SMILES string of the molecule is Cc1cc(CCCCCC(C)(C)C(=O)O)c(CCCCCC2(C(=O)O)CC2)c(C)c1C. The fourth-order valence-corrected chi connectivity index (χ4v) is 4.62. The highest BCUT2D eigenvalue weighted by Crippen LogP contribution is 2.50. The van der Waals surface area contributed by atoms with Crippen LogP contribution in [0, 0.1) is 31.6 Å². The first-order valence-corrected chi connectivity index (χ1v) is 12.1. The van der Waals surface area contributed by atoms with Crippen LogP contribution in [0.1, 0.15) is 106 Å². The molecular weight excluding hydrogens is 388 g/mol. The van der Waals surface area contributed by atoms with E-state index in [2.05, 4.69) is 26.8 Å². The number of unbranched alkanes of at least 4 members (excludes halogenated alkanes) is 4. The lowest BCUT2D eigenvalue weighted by molar-refractivity contribution is -0.147. The maximum Gasteiger partial charge on any atom is 0.309 e. The molecule has 0 spiro atoms. The van der Waals surface area contributed by atoms with Crippen molar-refractivity contribution < 1.29 is 19.8 Å². The minimum atomic E-state index is -0.712. The molecule has 0 aliphatic heterocycles. The first kappa shape index (κ1) is 25.4. The first-order valence-electron chi connectivity index (χ1n) is 12.1. The fraction of sp³-hybridized carbons (Fsp3) is 0.704. The molecule has 1 aliphatic carbocycles. The second-order valence-corrected chi connectivity index (χ2v) is 10.5. The third kappa shape index (κ3) is 6.82.